The van der Waals surface area contributed by atoms with Gasteiger partial charge in [-0.05, 0) is 81.9 Å². The summed E-state index contributed by atoms with van der Waals surface area (Å²) in [6.45, 7) is 0. The van der Waals surface area contributed by atoms with Crippen LogP contribution in [-0.2, 0) is 0 Å². The zero-order valence-corrected chi connectivity index (χ0v) is 30.5. The fourth-order valence-electron chi connectivity index (χ4n) is 7.36. The van der Waals surface area contributed by atoms with Crippen LogP contribution in [0.5, 0.6) is 0 Å². The third-order valence-electron chi connectivity index (χ3n) is 9.99. The van der Waals surface area contributed by atoms with Crippen molar-refractivity contribution in [2.24, 2.45) is 0 Å². The molecule has 0 amide bonds. The molecular formula is C50H32N4S. The Labute approximate surface area is 323 Å². The first-order valence-electron chi connectivity index (χ1n) is 18.3. The third-order valence-corrected chi connectivity index (χ3v) is 11.3. The summed E-state index contributed by atoms with van der Waals surface area (Å²) in [5.74, 6) is 0. The smallest absolute Gasteiger partial charge is 0.0900 e. The van der Waals surface area contributed by atoms with Crippen LogP contribution >= 0.6 is 11.3 Å². The number of aromatic nitrogens is 4. The van der Waals surface area contributed by atoms with Crippen LogP contribution in [0.15, 0.2) is 194 Å². The molecule has 0 radical (unpaired) electrons. The van der Waals surface area contributed by atoms with E-state index in [2.05, 4.69) is 156 Å². The van der Waals surface area contributed by atoms with Gasteiger partial charge in [0.25, 0.3) is 0 Å². The van der Waals surface area contributed by atoms with Gasteiger partial charge in [0.15, 0.2) is 0 Å². The van der Waals surface area contributed by atoms with Crippen molar-refractivity contribution in [3.63, 3.8) is 0 Å². The Bertz CT molecular complexity index is 2890. The number of nitrogens with zero attached hydrogens (tertiary/aromatic N) is 4. The zero-order chi connectivity index (χ0) is 36.6. The largest absolute Gasteiger partial charge is 0.255 e. The van der Waals surface area contributed by atoms with Gasteiger partial charge in [0.2, 0.25) is 0 Å². The molecule has 10 aromatic rings. The van der Waals surface area contributed by atoms with E-state index < -0.39 is 0 Å². The first kappa shape index (κ1) is 32.6. The highest BCUT2D eigenvalue weighted by atomic mass is 32.1. The topological polar surface area (TPSA) is 51.6 Å². The number of pyridine rings is 4. The molecule has 0 aliphatic carbocycles. The molecule has 0 bridgehead atoms. The third kappa shape index (κ3) is 6.17. The summed E-state index contributed by atoms with van der Waals surface area (Å²) in [6.07, 6.45) is 3.61. The average Bonchev–Trinajstić information content (AvgIpc) is 3.68. The van der Waals surface area contributed by atoms with Crippen molar-refractivity contribution in [3.8, 4) is 77.9 Å². The molecule has 258 valence electrons. The lowest BCUT2D eigenvalue weighted by atomic mass is 9.92. The molecule has 0 unspecified atom stereocenters. The number of rotatable bonds is 7. The molecule has 0 aliphatic heterocycles. The summed E-state index contributed by atoms with van der Waals surface area (Å²) in [5, 5.41) is 2.33. The fraction of sp³-hybridized carbons (Fsp3) is 0. The van der Waals surface area contributed by atoms with Crippen LogP contribution in [-0.4, -0.2) is 19.9 Å². The van der Waals surface area contributed by atoms with Crippen LogP contribution in [0.1, 0.15) is 0 Å². The summed E-state index contributed by atoms with van der Waals surface area (Å²) in [5.41, 5.74) is 14.3. The van der Waals surface area contributed by atoms with E-state index in [-0.39, 0.29) is 0 Å². The number of benzene rings is 5. The van der Waals surface area contributed by atoms with Crippen molar-refractivity contribution in [2.75, 3.05) is 0 Å². The summed E-state index contributed by atoms with van der Waals surface area (Å²) in [7, 11) is 0. The predicted molar refractivity (Wildman–Crippen MR) is 229 cm³/mol. The van der Waals surface area contributed by atoms with Gasteiger partial charge in [0, 0.05) is 43.9 Å². The lowest BCUT2D eigenvalue weighted by molar-refractivity contribution is 1.22. The highest BCUT2D eigenvalue weighted by Crippen LogP contribution is 2.50. The first-order chi connectivity index (χ1) is 27.3. The van der Waals surface area contributed by atoms with Crippen LogP contribution in [0.2, 0.25) is 0 Å². The van der Waals surface area contributed by atoms with Gasteiger partial charge in [-0.1, -0.05) is 133 Å². The van der Waals surface area contributed by atoms with Gasteiger partial charge in [-0.25, -0.2) is 9.97 Å². The molecular weight excluding hydrogens is 689 g/mol. The van der Waals surface area contributed by atoms with Crippen LogP contribution < -0.4 is 0 Å². The van der Waals surface area contributed by atoms with E-state index in [0.717, 1.165) is 61.6 Å². The van der Waals surface area contributed by atoms with Crippen molar-refractivity contribution in [1.82, 2.24) is 19.9 Å². The number of hydrogen-bond acceptors (Lipinski definition) is 5. The number of fused-ring (bicyclic) bond motifs is 3. The van der Waals surface area contributed by atoms with Crippen LogP contribution in [0, 0.1) is 0 Å². The van der Waals surface area contributed by atoms with Gasteiger partial charge >= 0.3 is 0 Å². The lowest BCUT2D eigenvalue weighted by Crippen LogP contribution is -1.94. The van der Waals surface area contributed by atoms with Crippen LogP contribution in [0.4, 0.5) is 0 Å². The number of thiophene rings is 1. The highest BCUT2D eigenvalue weighted by Gasteiger charge is 2.23. The maximum atomic E-state index is 5.36. The molecule has 0 aliphatic rings. The maximum absolute atomic E-state index is 5.36. The van der Waals surface area contributed by atoms with Gasteiger partial charge < -0.3 is 0 Å². The lowest BCUT2D eigenvalue weighted by Gasteiger charge is -2.13. The van der Waals surface area contributed by atoms with E-state index in [4.69, 9.17) is 9.97 Å². The molecule has 0 saturated carbocycles. The molecule has 5 aromatic carbocycles. The Morgan fingerprint density at radius 1 is 0.364 bits per heavy atom. The Morgan fingerprint density at radius 2 is 0.927 bits per heavy atom. The van der Waals surface area contributed by atoms with E-state index in [1.54, 1.807) is 12.4 Å². The standard InChI is InChI=1S/C50H32N4S/c1-3-14-33(15-4-1)37-18-13-19-38(30-37)49-46(47-48(36-16-5-2-6-17-36)54-41-21-8-7-20-40(41)50(47)55-49)35-26-24-34(25-27-35)39-31-44(42-22-9-11-28-51-42)53-45(32-39)43-23-10-12-29-52-43/h1-32H. The van der Waals surface area contributed by atoms with Gasteiger partial charge in [-0.15, -0.1) is 11.3 Å². The quantitative estimate of drug-likeness (QED) is 0.164. The van der Waals surface area contributed by atoms with Gasteiger partial charge in [-0.3, -0.25) is 9.97 Å². The van der Waals surface area contributed by atoms with Gasteiger partial charge in [-0.2, -0.15) is 0 Å². The second kappa shape index (κ2) is 14.0. The van der Waals surface area contributed by atoms with Crippen molar-refractivity contribution < 1.29 is 0 Å². The number of hydrogen-bond donors (Lipinski definition) is 0. The first-order valence-corrected chi connectivity index (χ1v) is 19.1. The molecule has 4 nitrogen and oxygen atoms in total. The monoisotopic (exact) mass is 720 g/mol. The normalized spacial score (nSPS) is 11.3. The Kier molecular flexibility index (Phi) is 8.32. The van der Waals surface area contributed by atoms with E-state index in [0.29, 0.717) is 0 Å². The fourth-order valence-corrected chi connectivity index (χ4v) is 8.71. The predicted octanol–water partition coefficient (Wildman–Crippen LogP) is 13.3. The molecule has 10 rings (SSSR count). The van der Waals surface area contributed by atoms with Crippen molar-refractivity contribution in [3.05, 3.63) is 194 Å². The van der Waals surface area contributed by atoms with Crippen molar-refractivity contribution in [1.29, 1.82) is 0 Å². The summed E-state index contributed by atoms with van der Waals surface area (Å²) in [6, 6.07) is 63.6. The SMILES string of the molecule is c1ccc(-c2cccc(-c3sc4c(c(-c5ccccc5)nc5ccccc54)c3-c3ccc(-c4cc(-c5ccccn5)nc(-c5ccccn5)c4)cc3)c2)cc1. The van der Waals surface area contributed by atoms with E-state index >= 15 is 0 Å². The molecule has 5 heteroatoms. The van der Waals surface area contributed by atoms with Crippen LogP contribution in [0.25, 0.3) is 98.8 Å². The second-order valence-electron chi connectivity index (χ2n) is 13.4. The van der Waals surface area contributed by atoms with E-state index in [1.807, 2.05) is 47.7 Å². The van der Waals surface area contributed by atoms with Crippen molar-refractivity contribution >= 4 is 32.3 Å². The summed E-state index contributed by atoms with van der Waals surface area (Å²) >= 11 is 1.85. The molecule has 5 heterocycles. The molecule has 5 aromatic heterocycles. The molecule has 0 atom stereocenters. The molecule has 55 heavy (non-hydrogen) atoms. The minimum absolute atomic E-state index is 0.803. The zero-order valence-electron chi connectivity index (χ0n) is 29.7. The minimum Gasteiger partial charge on any atom is -0.255 e. The highest BCUT2D eigenvalue weighted by molar-refractivity contribution is 7.24. The molecule has 0 fully saturated rings. The Balaban J connectivity index is 1.19. The minimum atomic E-state index is 0.803. The van der Waals surface area contributed by atoms with E-state index in [1.165, 1.54) is 37.2 Å². The second-order valence-corrected chi connectivity index (χ2v) is 14.5. The van der Waals surface area contributed by atoms with E-state index in [9.17, 15) is 0 Å². The Morgan fingerprint density at radius 3 is 1.60 bits per heavy atom. The maximum Gasteiger partial charge on any atom is 0.0900 e. The van der Waals surface area contributed by atoms with Crippen LogP contribution in [0.3, 0.4) is 0 Å². The summed E-state index contributed by atoms with van der Waals surface area (Å²) < 4.78 is 1.23. The van der Waals surface area contributed by atoms with Crippen molar-refractivity contribution in [2.45, 2.75) is 0 Å². The van der Waals surface area contributed by atoms with Gasteiger partial charge in [0.1, 0.15) is 0 Å². The van der Waals surface area contributed by atoms with Gasteiger partial charge in [0.05, 0.1) is 34.0 Å². The molecule has 0 spiro atoms. The summed E-state index contributed by atoms with van der Waals surface area (Å²) in [4.78, 5) is 20.8. The number of para-hydroxylation sites is 1. The average molecular weight is 721 g/mol. The molecule has 0 N–H and O–H groups in total. The Hall–Kier alpha value is -7.08. The molecule has 0 saturated heterocycles.